The Morgan fingerprint density at radius 2 is 1.71 bits per heavy atom. The zero-order valence-corrected chi connectivity index (χ0v) is 15.2. The molecule has 1 saturated heterocycles. The molecule has 0 aliphatic carbocycles. The number of benzene rings is 1. The zero-order valence-electron chi connectivity index (χ0n) is 15.2. The van der Waals surface area contributed by atoms with Crippen LogP contribution in [0, 0.1) is 0 Å². The van der Waals surface area contributed by atoms with Crippen LogP contribution < -0.4 is 10.2 Å². The molecule has 24 heavy (non-hydrogen) atoms. The fourth-order valence-corrected chi connectivity index (χ4v) is 3.15. The predicted octanol–water partition coefficient (Wildman–Crippen LogP) is 2.64. The van der Waals surface area contributed by atoms with Crippen molar-refractivity contribution in [1.82, 2.24) is 15.1 Å². The van der Waals surface area contributed by atoms with Gasteiger partial charge in [-0.25, -0.2) is 4.79 Å². The molecule has 5 nitrogen and oxygen atoms in total. The molecule has 1 aliphatic rings. The first kappa shape index (κ1) is 18.6. The van der Waals surface area contributed by atoms with Gasteiger partial charge in [0.1, 0.15) is 0 Å². The van der Waals surface area contributed by atoms with E-state index >= 15 is 0 Å². The first-order valence-electron chi connectivity index (χ1n) is 9.29. The summed E-state index contributed by atoms with van der Waals surface area (Å²) in [5.74, 6) is 0. The molecule has 5 heteroatoms. The highest BCUT2D eigenvalue weighted by molar-refractivity contribution is 5.73. The highest BCUT2D eigenvalue weighted by Gasteiger charge is 2.16. The molecule has 1 N–H and O–H groups in total. The van der Waals surface area contributed by atoms with Crippen LogP contribution in [0.4, 0.5) is 10.5 Å². The highest BCUT2D eigenvalue weighted by Crippen LogP contribution is 2.15. The smallest absolute Gasteiger partial charge is 0.317 e. The first-order chi connectivity index (χ1) is 11.7. The van der Waals surface area contributed by atoms with E-state index in [0.717, 1.165) is 65.2 Å². The van der Waals surface area contributed by atoms with Gasteiger partial charge in [-0.15, -0.1) is 0 Å². The Hall–Kier alpha value is -1.75. The number of piperazine rings is 1. The molecule has 0 bridgehead atoms. The van der Waals surface area contributed by atoms with E-state index in [2.05, 4.69) is 45.4 Å². The number of rotatable bonds is 8. The van der Waals surface area contributed by atoms with Crippen molar-refractivity contribution in [1.29, 1.82) is 0 Å². The van der Waals surface area contributed by atoms with Gasteiger partial charge in [0.2, 0.25) is 0 Å². The van der Waals surface area contributed by atoms with E-state index in [1.54, 1.807) is 0 Å². The number of anilines is 1. The lowest BCUT2D eigenvalue weighted by molar-refractivity contribution is 0.202. The lowest BCUT2D eigenvalue weighted by Gasteiger charge is -2.36. The maximum atomic E-state index is 11.8. The normalized spacial score (nSPS) is 15.3. The average Bonchev–Trinajstić information content (AvgIpc) is 2.64. The van der Waals surface area contributed by atoms with E-state index < -0.39 is 0 Å². The van der Waals surface area contributed by atoms with Gasteiger partial charge in [0.15, 0.2) is 0 Å². The lowest BCUT2D eigenvalue weighted by Crippen LogP contribution is -2.46. The standard InChI is InChI=1S/C19H32N4O/c1-3-22(4-2)19(24)20-12-8-9-13-21-14-16-23(17-15-21)18-10-6-5-7-11-18/h5-7,10-11H,3-4,8-9,12-17H2,1-2H3,(H,20,24). The van der Waals surface area contributed by atoms with Crippen molar-refractivity contribution in [3.63, 3.8) is 0 Å². The number of amides is 2. The Labute approximate surface area is 146 Å². The quantitative estimate of drug-likeness (QED) is 0.744. The molecule has 1 aromatic rings. The molecule has 0 aromatic heterocycles. The van der Waals surface area contributed by atoms with E-state index in [1.807, 2.05) is 18.7 Å². The first-order valence-corrected chi connectivity index (χ1v) is 9.29. The second kappa shape index (κ2) is 10.2. The summed E-state index contributed by atoms with van der Waals surface area (Å²) in [6.07, 6.45) is 2.19. The van der Waals surface area contributed by atoms with Gasteiger partial charge in [-0.2, -0.15) is 0 Å². The summed E-state index contributed by atoms with van der Waals surface area (Å²) in [5.41, 5.74) is 1.33. The van der Waals surface area contributed by atoms with Crippen LogP contribution in [0.25, 0.3) is 0 Å². The number of hydrogen-bond acceptors (Lipinski definition) is 3. The number of nitrogens with zero attached hydrogens (tertiary/aromatic N) is 3. The summed E-state index contributed by atoms with van der Waals surface area (Å²) in [7, 11) is 0. The van der Waals surface area contributed by atoms with Crippen LogP contribution in [0.5, 0.6) is 0 Å². The second-order valence-electron chi connectivity index (χ2n) is 6.28. The van der Waals surface area contributed by atoms with Crippen LogP contribution >= 0.6 is 0 Å². The molecular weight excluding hydrogens is 300 g/mol. The van der Waals surface area contributed by atoms with Crippen LogP contribution in [0.2, 0.25) is 0 Å². The molecular formula is C19H32N4O. The van der Waals surface area contributed by atoms with E-state index in [-0.39, 0.29) is 6.03 Å². The fraction of sp³-hybridized carbons (Fsp3) is 0.632. The zero-order chi connectivity index (χ0) is 17.2. The highest BCUT2D eigenvalue weighted by atomic mass is 16.2. The average molecular weight is 332 g/mol. The van der Waals surface area contributed by atoms with Crippen LogP contribution in [0.3, 0.4) is 0 Å². The molecule has 134 valence electrons. The SMILES string of the molecule is CCN(CC)C(=O)NCCCCN1CCN(c2ccccc2)CC1. The third-order valence-corrected chi connectivity index (χ3v) is 4.72. The summed E-state index contributed by atoms with van der Waals surface area (Å²) in [5, 5.41) is 3.01. The Morgan fingerprint density at radius 3 is 2.33 bits per heavy atom. The molecule has 1 aliphatic heterocycles. The molecule has 1 heterocycles. The Morgan fingerprint density at radius 1 is 1.04 bits per heavy atom. The third-order valence-electron chi connectivity index (χ3n) is 4.72. The fourth-order valence-electron chi connectivity index (χ4n) is 3.15. The number of nitrogens with one attached hydrogen (secondary N) is 1. The predicted molar refractivity (Wildman–Crippen MR) is 101 cm³/mol. The summed E-state index contributed by atoms with van der Waals surface area (Å²) in [6, 6.07) is 10.7. The molecule has 0 spiro atoms. The molecule has 0 atom stereocenters. The van der Waals surface area contributed by atoms with Crippen molar-refractivity contribution in [3.05, 3.63) is 30.3 Å². The summed E-state index contributed by atoms with van der Waals surface area (Å²) in [6.45, 7) is 11.9. The summed E-state index contributed by atoms with van der Waals surface area (Å²) in [4.78, 5) is 18.7. The molecule has 1 aromatic carbocycles. The number of carbonyl (C=O) groups is 1. The van der Waals surface area contributed by atoms with Gasteiger partial charge in [0.25, 0.3) is 0 Å². The third kappa shape index (κ3) is 5.71. The van der Waals surface area contributed by atoms with E-state index in [0.29, 0.717) is 0 Å². The molecule has 2 amide bonds. The maximum absolute atomic E-state index is 11.8. The van der Waals surface area contributed by atoms with Gasteiger partial charge in [-0.3, -0.25) is 4.90 Å². The van der Waals surface area contributed by atoms with Gasteiger partial charge in [0.05, 0.1) is 0 Å². The van der Waals surface area contributed by atoms with Crippen molar-refractivity contribution in [2.75, 3.05) is 57.3 Å². The summed E-state index contributed by atoms with van der Waals surface area (Å²) >= 11 is 0. The molecule has 2 rings (SSSR count). The molecule has 0 unspecified atom stereocenters. The Balaban J connectivity index is 1.56. The second-order valence-corrected chi connectivity index (χ2v) is 6.28. The van der Waals surface area contributed by atoms with Crippen LogP contribution in [0.15, 0.2) is 30.3 Å². The van der Waals surface area contributed by atoms with Crippen molar-refractivity contribution >= 4 is 11.7 Å². The van der Waals surface area contributed by atoms with Crippen molar-refractivity contribution < 1.29 is 4.79 Å². The van der Waals surface area contributed by atoms with E-state index in [9.17, 15) is 4.79 Å². The van der Waals surface area contributed by atoms with Gasteiger partial charge in [0, 0.05) is 51.5 Å². The minimum absolute atomic E-state index is 0.0662. The van der Waals surface area contributed by atoms with Gasteiger partial charge in [-0.05, 0) is 45.4 Å². The number of urea groups is 1. The maximum Gasteiger partial charge on any atom is 0.317 e. The number of para-hydroxylation sites is 1. The van der Waals surface area contributed by atoms with E-state index in [1.165, 1.54) is 5.69 Å². The molecule has 0 saturated carbocycles. The van der Waals surface area contributed by atoms with Gasteiger partial charge < -0.3 is 15.1 Å². The monoisotopic (exact) mass is 332 g/mol. The van der Waals surface area contributed by atoms with Crippen molar-refractivity contribution in [3.8, 4) is 0 Å². The van der Waals surface area contributed by atoms with Crippen LogP contribution in [-0.4, -0.2) is 68.2 Å². The minimum Gasteiger partial charge on any atom is -0.369 e. The summed E-state index contributed by atoms with van der Waals surface area (Å²) < 4.78 is 0. The molecule has 1 fully saturated rings. The van der Waals surface area contributed by atoms with Crippen molar-refractivity contribution in [2.45, 2.75) is 26.7 Å². The largest absolute Gasteiger partial charge is 0.369 e. The minimum atomic E-state index is 0.0662. The van der Waals surface area contributed by atoms with Gasteiger partial charge in [-0.1, -0.05) is 18.2 Å². The van der Waals surface area contributed by atoms with Crippen LogP contribution in [-0.2, 0) is 0 Å². The van der Waals surface area contributed by atoms with Crippen LogP contribution in [0.1, 0.15) is 26.7 Å². The Bertz CT molecular complexity index is 468. The molecule has 0 radical (unpaired) electrons. The number of hydrogen-bond donors (Lipinski definition) is 1. The topological polar surface area (TPSA) is 38.8 Å². The number of carbonyl (C=O) groups excluding carboxylic acids is 1. The van der Waals surface area contributed by atoms with Gasteiger partial charge >= 0.3 is 6.03 Å². The Kier molecular flexibility index (Phi) is 7.89. The van der Waals surface area contributed by atoms with Crippen molar-refractivity contribution in [2.24, 2.45) is 0 Å². The number of unbranched alkanes of at least 4 members (excludes halogenated alkanes) is 1. The van der Waals surface area contributed by atoms with E-state index in [4.69, 9.17) is 0 Å². The lowest BCUT2D eigenvalue weighted by atomic mass is 10.2.